The number of carbonyl (C=O) groups is 2. The van der Waals surface area contributed by atoms with Crippen LogP contribution in [0.2, 0.25) is 5.02 Å². The van der Waals surface area contributed by atoms with Gasteiger partial charge in [-0.15, -0.1) is 11.3 Å². The zero-order chi connectivity index (χ0) is 20.3. The van der Waals surface area contributed by atoms with Crippen molar-refractivity contribution in [3.63, 3.8) is 0 Å². The summed E-state index contributed by atoms with van der Waals surface area (Å²) in [5.41, 5.74) is 1.69. The molecule has 0 spiro atoms. The molecule has 0 saturated carbocycles. The molecule has 3 rings (SSSR count). The Morgan fingerprint density at radius 3 is 2.75 bits per heavy atom. The molecular weight excluding hydrogens is 396 g/mol. The molecule has 1 aromatic carbocycles. The fraction of sp³-hybridized carbons (Fsp3) is 0.381. The minimum Gasteiger partial charge on any atom is -0.416 e. The van der Waals surface area contributed by atoms with Gasteiger partial charge in [0, 0.05) is 30.1 Å². The summed E-state index contributed by atoms with van der Waals surface area (Å²) in [4.78, 5) is 31.9. The lowest BCUT2D eigenvalue weighted by Crippen LogP contribution is -2.40. The molecule has 0 radical (unpaired) electrons. The number of piperidine rings is 1. The second-order valence-electron chi connectivity index (χ2n) is 7.09. The van der Waals surface area contributed by atoms with Crippen LogP contribution in [-0.4, -0.2) is 34.8 Å². The molecule has 1 saturated heterocycles. The second-order valence-corrected chi connectivity index (χ2v) is 8.53. The fourth-order valence-electron chi connectivity index (χ4n) is 3.34. The highest BCUT2D eigenvalue weighted by molar-refractivity contribution is 7.17. The minimum absolute atomic E-state index is 0.0790. The molecule has 5 nitrogen and oxygen atoms in total. The Hall–Kier alpha value is -2.18. The van der Waals surface area contributed by atoms with Gasteiger partial charge in [0.05, 0.1) is 16.3 Å². The van der Waals surface area contributed by atoms with Crippen LogP contribution in [0.25, 0.3) is 10.6 Å². The first-order valence-corrected chi connectivity index (χ1v) is 10.4. The van der Waals surface area contributed by atoms with Gasteiger partial charge in [0.1, 0.15) is 5.01 Å². The van der Waals surface area contributed by atoms with E-state index in [1.54, 1.807) is 11.8 Å². The number of rotatable bonds is 5. The number of hydrogen-bond donors (Lipinski definition) is 0. The van der Waals surface area contributed by atoms with Gasteiger partial charge in [-0.2, -0.15) is 0 Å². The molecule has 148 valence electrons. The third-order valence-corrected chi connectivity index (χ3v) is 6.15. The summed E-state index contributed by atoms with van der Waals surface area (Å²) >= 11 is 7.35. The predicted octanol–water partition coefficient (Wildman–Crippen LogP) is 5.73. The smallest absolute Gasteiger partial charge is 0.414 e. The van der Waals surface area contributed by atoms with Crippen LogP contribution >= 0.6 is 22.9 Å². The van der Waals surface area contributed by atoms with Crippen molar-refractivity contribution in [1.82, 2.24) is 9.88 Å². The van der Waals surface area contributed by atoms with Crippen LogP contribution < -0.4 is 0 Å². The van der Waals surface area contributed by atoms with Crippen LogP contribution in [0.5, 0.6) is 0 Å². The van der Waals surface area contributed by atoms with E-state index in [9.17, 15) is 9.59 Å². The lowest BCUT2D eigenvalue weighted by atomic mass is 9.92. The Morgan fingerprint density at radius 1 is 1.36 bits per heavy atom. The van der Waals surface area contributed by atoms with Crippen molar-refractivity contribution in [1.29, 1.82) is 0 Å². The molecule has 28 heavy (non-hydrogen) atoms. The van der Waals surface area contributed by atoms with Crippen molar-refractivity contribution in [2.24, 2.45) is 5.92 Å². The van der Waals surface area contributed by atoms with Crippen LogP contribution in [0.1, 0.15) is 41.6 Å². The quantitative estimate of drug-likeness (QED) is 0.459. The first-order chi connectivity index (χ1) is 13.3. The third-order valence-electron chi connectivity index (χ3n) is 4.65. The van der Waals surface area contributed by atoms with Crippen LogP contribution in [0.15, 0.2) is 36.6 Å². The van der Waals surface area contributed by atoms with Crippen LogP contribution in [0.4, 0.5) is 4.79 Å². The molecule has 1 aromatic heterocycles. The van der Waals surface area contributed by atoms with Crippen molar-refractivity contribution in [2.45, 2.75) is 33.1 Å². The van der Waals surface area contributed by atoms with Gasteiger partial charge in [-0.3, -0.25) is 4.79 Å². The standard InChI is InChI=1S/C21H23ClN2O3S/c1-13(2)27-21(26)24-10-4-5-15(12-24)11-18(25)19-14(3)23-20(28-19)16-6-8-17(22)9-7-16/h6-9,15H,1,4-5,10-12H2,2-3H3. The zero-order valence-electron chi connectivity index (χ0n) is 16.0. The lowest BCUT2D eigenvalue weighted by molar-refractivity contribution is 0.0872. The normalized spacial score (nSPS) is 16.7. The molecule has 2 aromatic rings. The number of halogens is 1. The summed E-state index contributed by atoms with van der Waals surface area (Å²) in [6, 6.07) is 7.44. The highest BCUT2D eigenvalue weighted by atomic mass is 35.5. The summed E-state index contributed by atoms with van der Waals surface area (Å²) in [5.74, 6) is 0.577. The summed E-state index contributed by atoms with van der Waals surface area (Å²) in [6.45, 7) is 8.29. The van der Waals surface area contributed by atoms with E-state index < -0.39 is 0 Å². The third kappa shape index (κ3) is 5.00. The Morgan fingerprint density at radius 2 is 2.07 bits per heavy atom. The maximum absolute atomic E-state index is 12.9. The molecule has 0 N–H and O–H groups in total. The molecule has 1 amide bonds. The van der Waals surface area contributed by atoms with Crippen LogP contribution in [0.3, 0.4) is 0 Å². The average Bonchev–Trinajstić information content (AvgIpc) is 3.04. The van der Waals surface area contributed by atoms with E-state index in [-0.39, 0.29) is 17.8 Å². The zero-order valence-corrected chi connectivity index (χ0v) is 17.6. The molecular formula is C21H23ClN2O3S. The number of likely N-dealkylation sites (tertiary alicyclic amines) is 1. The molecule has 1 aliphatic rings. The first kappa shape index (κ1) is 20.6. The van der Waals surface area contributed by atoms with Gasteiger partial charge in [-0.25, -0.2) is 9.78 Å². The van der Waals surface area contributed by atoms with E-state index in [2.05, 4.69) is 11.6 Å². The number of ether oxygens (including phenoxy) is 1. The first-order valence-electron chi connectivity index (χ1n) is 9.22. The number of allylic oxidation sites excluding steroid dienone is 1. The van der Waals surface area contributed by atoms with Crippen LogP contribution in [-0.2, 0) is 4.74 Å². The van der Waals surface area contributed by atoms with E-state index in [0.717, 1.165) is 29.1 Å². The SMILES string of the molecule is C=C(C)OC(=O)N1CCCC(CC(=O)c2sc(-c3ccc(Cl)cc3)nc2C)C1. The highest BCUT2D eigenvalue weighted by Crippen LogP contribution is 2.31. The van der Waals surface area contributed by atoms with Crippen molar-refractivity contribution < 1.29 is 14.3 Å². The van der Waals surface area contributed by atoms with Crippen molar-refractivity contribution in [3.05, 3.63) is 52.2 Å². The number of nitrogens with zero attached hydrogens (tertiary/aromatic N) is 2. The fourth-order valence-corrected chi connectivity index (χ4v) is 4.48. The number of amides is 1. The van der Waals surface area contributed by atoms with Gasteiger partial charge >= 0.3 is 6.09 Å². The van der Waals surface area contributed by atoms with Gasteiger partial charge in [0.2, 0.25) is 0 Å². The highest BCUT2D eigenvalue weighted by Gasteiger charge is 2.28. The van der Waals surface area contributed by atoms with E-state index in [0.29, 0.717) is 35.2 Å². The largest absolute Gasteiger partial charge is 0.416 e. The summed E-state index contributed by atoms with van der Waals surface area (Å²) in [7, 11) is 0. The van der Waals surface area contributed by atoms with E-state index >= 15 is 0 Å². The number of ketones is 1. The van der Waals surface area contributed by atoms with Gasteiger partial charge in [-0.05, 0) is 44.7 Å². The van der Waals surface area contributed by atoms with Gasteiger partial charge in [-0.1, -0.05) is 30.3 Å². The Labute approximate surface area is 174 Å². The molecule has 0 bridgehead atoms. The maximum atomic E-state index is 12.9. The Balaban J connectivity index is 1.67. The van der Waals surface area contributed by atoms with Gasteiger partial charge < -0.3 is 9.64 Å². The lowest BCUT2D eigenvalue weighted by Gasteiger charge is -2.31. The van der Waals surface area contributed by atoms with Gasteiger partial charge in [0.15, 0.2) is 5.78 Å². The molecule has 1 fully saturated rings. The van der Waals surface area contributed by atoms with E-state index in [1.807, 2.05) is 31.2 Å². The Kier molecular flexibility index (Phi) is 6.52. The Bertz CT molecular complexity index is 892. The number of hydrogen-bond acceptors (Lipinski definition) is 5. The summed E-state index contributed by atoms with van der Waals surface area (Å²) in [5, 5.41) is 1.48. The van der Waals surface area contributed by atoms with E-state index in [1.165, 1.54) is 11.3 Å². The molecule has 1 aliphatic heterocycles. The van der Waals surface area contributed by atoms with Crippen molar-refractivity contribution in [3.8, 4) is 10.6 Å². The van der Waals surface area contributed by atoms with Crippen molar-refractivity contribution >= 4 is 34.8 Å². The van der Waals surface area contributed by atoms with Gasteiger partial charge in [0.25, 0.3) is 0 Å². The van der Waals surface area contributed by atoms with E-state index in [4.69, 9.17) is 16.3 Å². The predicted molar refractivity (Wildman–Crippen MR) is 112 cm³/mol. The second kappa shape index (κ2) is 8.88. The number of carbonyl (C=O) groups excluding carboxylic acids is 2. The number of Topliss-reactive ketones (excluding diaryl/α,β-unsaturated/α-hetero) is 1. The number of benzene rings is 1. The summed E-state index contributed by atoms with van der Waals surface area (Å²) < 4.78 is 5.10. The molecule has 7 heteroatoms. The van der Waals surface area contributed by atoms with Crippen LogP contribution in [0, 0.1) is 12.8 Å². The molecule has 1 atom stereocenters. The monoisotopic (exact) mass is 418 g/mol. The molecule has 2 heterocycles. The van der Waals surface area contributed by atoms with Crippen molar-refractivity contribution in [2.75, 3.05) is 13.1 Å². The minimum atomic E-state index is -0.386. The number of thiazole rings is 1. The number of aromatic nitrogens is 1. The molecule has 1 unspecified atom stereocenters. The molecule has 0 aliphatic carbocycles. The summed E-state index contributed by atoms with van der Waals surface area (Å²) in [6.07, 6.45) is 1.80. The maximum Gasteiger partial charge on any atom is 0.414 e. The topological polar surface area (TPSA) is 59.5 Å². The number of aryl methyl sites for hydroxylation is 1. The average molecular weight is 419 g/mol.